The van der Waals surface area contributed by atoms with Gasteiger partial charge >= 0.3 is 89.3 Å². The first-order chi connectivity index (χ1) is 6.40. The van der Waals surface area contributed by atoms with Crippen molar-refractivity contribution in [1.29, 1.82) is 0 Å². The summed E-state index contributed by atoms with van der Waals surface area (Å²) >= 11 is 0.0260. The van der Waals surface area contributed by atoms with E-state index in [0.717, 1.165) is 0 Å². The third kappa shape index (κ3) is 2.16. The molecule has 0 spiro atoms. The van der Waals surface area contributed by atoms with E-state index in [-0.39, 0.29) is 20.4 Å². The Bertz CT molecular complexity index is 354. The number of hydrogen-bond acceptors (Lipinski definition) is 0. The molecule has 1 aromatic carbocycles. The minimum absolute atomic E-state index is 0.0260. The van der Waals surface area contributed by atoms with Crippen LogP contribution in [0.25, 0.3) is 8.79 Å². The molecule has 0 nitrogen and oxygen atoms in total. The molecular formula is C12H14Te. The fourth-order valence-electron chi connectivity index (χ4n) is 1.51. The molecule has 0 amide bonds. The summed E-state index contributed by atoms with van der Waals surface area (Å²) in [5, 5.41) is 1.50. The van der Waals surface area contributed by atoms with Crippen LogP contribution in [0.5, 0.6) is 0 Å². The van der Waals surface area contributed by atoms with E-state index in [1.165, 1.54) is 24.6 Å². The van der Waals surface area contributed by atoms with Gasteiger partial charge in [0.15, 0.2) is 0 Å². The first-order valence-electron chi connectivity index (χ1n) is 4.87. The van der Waals surface area contributed by atoms with Gasteiger partial charge in [-0.05, 0) is 0 Å². The van der Waals surface area contributed by atoms with Crippen molar-refractivity contribution in [3.63, 3.8) is 0 Å². The van der Waals surface area contributed by atoms with Crippen LogP contribution in [0.15, 0.2) is 30.3 Å². The molecule has 1 aromatic heterocycles. The van der Waals surface area contributed by atoms with Crippen molar-refractivity contribution in [2.75, 3.05) is 0 Å². The monoisotopic (exact) mass is 288 g/mol. The molecule has 0 bridgehead atoms. The molecule has 1 heterocycles. The molecule has 0 N–H and O–H groups in total. The van der Waals surface area contributed by atoms with Gasteiger partial charge in [0, 0.05) is 0 Å². The third-order valence-corrected chi connectivity index (χ3v) is 5.61. The summed E-state index contributed by atoms with van der Waals surface area (Å²) < 4.78 is 3.38. The fourth-order valence-corrected chi connectivity index (χ4v) is 4.67. The number of fused-ring (bicyclic) bond motifs is 1. The molecule has 0 aliphatic heterocycles. The quantitative estimate of drug-likeness (QED) is 0.760. The molecule has 2 rings (SSSR count). The zero-order chi connectivity index (χ0) is 9.10. The summed E-state index contributed by atoms with van der Waals surface area (Å²) in [6.45, 7) is 2.27. The van der Waals surface area contributed by atoms with E-state index in [0.29, 0.717) is 0 Å². The number of hydrogen-bond donors (Lipinski definition) is 0. The van der Waals surface area contributed by atoms with Crippen LogP contribution < -0.4 is 0 Å². The van der Waals surface area contributed by atoms with Crippen LogP contribution in [-0.2, 0) is 6.42 Å². The second-order valence-corrected chi connectivity index (χ2v) is 6.69. The van der Waals surface area contributed by atoms with Gasteiger partial charge in [0.2, 0.25) is 0 Å². The average Bonchev–Trinajstić information content (AvgIpc) is 2.57. The summed E-state index contributed by atoms with van der Waals surface area (Å²) in [4.78, 5) is 0. The molecule has 0 fully saturated rings. The Morgan fingerprint density at radius 3 is 2.85 bits per heavy atom. The standard InChI is InChI=1S/C12H14Te/c1-2-3-7-11-9-10-6-4-5-8-12(10)13-11/h4-6,8-9H,2-3,7H2,1H3. The molecule has 0 saturated heterocycles. The van der Waals surface area contributed by atoms with Crippen molar-refractivity contribution in [3.8, 4) is 0 Å². The van der Waals surface area contributed by atoms with E-state index in [1.807, 2.05) is 0 Å². The zero-order valence-corrected chi connectivity index (χ0v) is 10.2. The van der Waals surface area contributed by atoms with Crippen LogP contribution in [0.4, 0.5) is 0 Å². The molecule has 13 heavy (non-hydrogen) atoms. The van der Waals surface area contributed by atoms with E-state index in [4.69, 9.17) is 0 Å². The van der Waals surface area contributed by atoms with Gasteiger partial charge in [-0.3, -0.25) is 0 Å². The minimum atomic E-state index is 0.0260. The van der Waals surface area contributed by atoms with E-state index in [1.54, 1.807) is 6.98 Å². The Labute approximate surface area is 89.2 Å². The van der Waals surface area contributed by atoms with E-state index < -0.39 is 0 Å². The molecule has 0 radical (unpaired) electrons. The van der Waals surface area contributed by atoms with Gasteiger partial charge < -0.3 is 0 Å². The summed E-state index contributed by atoms with van der Waals surface area (Å²) in [5.41, 5.74) is 0. The average molecular weight is 286 g/mol. The normalized spacial score (nSPS) is 10.8. The van der Waals surface area contributed by atoms with E-state index in [2.05, 4.69) is 37.3 Å². The number of unbranched alkanes of at least 4 members (excludes halogenated alkanes) is 1. The Hall–Kier alpha value is -0.250. The van der Waals surface area contributed by atoms with E-state index in [9.17, 15) is 0 Å². The van der Waals surface area contributed by atoms with Crippen molar-refractivity contribution < 1.29 is 0 Å². The Morgan fingerprint density at radius 1 is 1.23 bits per heavy atom. The summed E-state index contributed by atoms with van der Waals surface area (Å²) in [5.74, 6) is 0. The predicted octanol–water partition coefficient (Wildman–Crippen LogP) is 3.24. The van der Waals surface area contributed by atoms with Crippen molar-refractivity contribution >= 4 is 29.2 Å². The first-order valence-corrected chi connectivity index (χ1v) is 7.20. The van der Waals surface area contributed by atoms with Gasteiger partial charge in [0.1, 0.15) is 0 Å². The van der Waals surface area contributed by atoms with Crippen LogP contribution in [0.1, 0.15) is 23.3 Å². The molecule has 0 aliphatic carbocycles. The van der Waals surface area contributed by atoms with Gasteiger partial charge in [-0.25, -0.2) is 0 Å². The molecule has 0 unspecified atom stereocenters. The molecule has 0 saturated carbocycles. The van der Waals surface area contributed by atoms with Gasteiger partial charge in [0.25, 0.3) is 0 Å². The molecule has 0 atom stereocenters. The van der Waals surface area contributed by atoms with Crippen molar-refractivity contribution in [3.05, 3.63) is 33.9 Å². The zero-order valence-electron chi connectivity index (χ0n) is 7.92. The van der Waals surface area contributed by atoms with Crippen LogP contribution in [0.3, 0.4) is 0 Å². The van der Waals surface area contributed by atoms with E-state index >= 15 is 0 Å². The Morgan fingerprint density at radius 2 is 2.08 bits per heavy atom. The summed E-state index contributed by atoms with van der Waals surface area (Å²) in [6.07, 6.45) is 4.03. The first kappa shape index (κ1) is 9.31. The topological polar surface area (TPSA) is 0 Å². The van der Waals surface area contributed by atoms with Crippen LogP contribution in [0.2, 0.25) is 0 Å². The molecular weight excluding hydrogens is 272 g/mol. The second-order valence-electron chi connectivity index (χ2n) is 3.35. The SMILES string of the molecule is CCCCc1cc2ccccc2[te]1. The molecule has 2 aromatic rings. The van der Waals surface area contributed by atoms with Crippen molar-refractivity contribution in [2.45, 2.75) is 26.2 Å². The molecule has 1 heteroatoms. The molecule has 68 valence electrons. The molecule has 0 aliphatic rings. The van der Waals surface area contributed by atoms with Gasteiger partial charge in [-0.15, -0.1) is 0 Å². The summed E-state index contributed by atoms with van der Waals surface area (Å²) in [6, 6.07) is 11.3. The summed E-state index contributed by atoms with van der Waals surface area (Å²) in [7, 11) is 0. The Balaban J connectivity index is 2.28. The fraction of sp³-hybridized carbons (Fsp3) is 0.333. The predicted molar refractivity (Wildman–Crippen MR) is 59.5 cm³/mol. The second kappa shape index (κ2) is 4.31. The van der Waals surface area contributed by atoms with Crippen molar-refractivity contribution in [2.24, 2.45) is 0 Å². The van der Waals surface area contributed by atoms with Crippen molar-refractivity contribution in [1.82, 2.24) is 0 Å². The Kier molecular flexibility index (Phi) is 3.09. The third-order valence-electron chi connectivity index (χ3n) is 2.25. The van der Waals surface area contributed by atoms with Crippen LogP contribution >= 0.6 is 0 Å². The number of benzene rings is 1. The number of rotatable bonds is 3. The number of aryl methyl sites for hydroxylation is 1. The van der Waals surface area contributed by atoms with Crippen LogP contribution in [-0.4, -0.2) is 20.4 Å². The van der Waals surface area contributed by atoms with Crippen LogP contribution in [0, 0.1) is 0 Å². The van der Waals surface area contributed by atoms with Gasteiger partial charge in [0.05, 0.1) is 0 Å². The van der Waals surface area contributed by atoms with Gasteiger partial charge in [-0.2, -0.15) is 0 Å². The maximum atomic E-state index is 2.42. The van der Waals surface area contributed by atoms with Gasteiger partial charge in [-0.1, -0.05) is 0 Å². The maximum absolute atomic E-state index is 2.42.